The summed E-state index contributed by atoms with van der Waals surface area (Å²) in [5.74, 6) is -0.0756. The van der Waals surface area contributed by atoms with Crippen molar-refractivity contribution in [2.75, 3.05) is 5.73 Å². The predicted octanol–water partition coefficient (Wildman–Crippen LogP) is 1.17. The van der Waals surface area contributed by atoms with Gasteiger partial charge in [-0.25, -0.2) is 0 Å². The molecule has 2 rings (SSSR count). The van der Waals surface area contributed by atoms with Crippen molar-refractivity contribution < 1.29 is 4.79 Å². The summed E-state index contributed by atoms with van der Waals surface area (Å²) in [5, 5.41) is 3.19. The number of amides is 1. The van der Waals surface area contributed by atoms with Crippen LogP contribution in [0.4, 0.5) is 5.69 Å². The van der Waals surface area contributed by atoms with Crippen LogP contribution in [0.2, 0.25) is 5.02 Å². The molecule has 0 aliphatic carbocycles. The number of carbonyl (C=O) groups excluding carboxylic acids is 1. The Hall–Kier alpha value is -1.22. The maximum Gasteiger partial charge on any atom is 0.251 e. The first-order chi connectivity index (χ1) is 5.68. The third-order valence-corrected chi connectivity index (χ3v) is 2.23. The van der Waals surface area contributed by atoms with Crippen molar-refractivity contribution in [3.63, 3.8) is 0 Å². The number of hydrogen-bond donors (Lipinski definition) is 2. The Kier molecular flexibility index (Phi) is 1.48. The number of anilines is 1. The summed E-state index contributed by atoms with van der Waals surface area (Å²) < 4.78 is 0. The van der Waals surface area contributed by atoms with Gasteiger partial charge in [0, 0.05) is 12.1 Å². The molecule has 0 unspecified atom stereocenters. The van der Waals surface area contributed by atoms with E-state index in [9.17, 15) is 4.79 Å². The van der Waals surface area contributed by atoms with E-state index in [1.165, 1.54) is 0 Å². The van der Waals surface area contributed by atoms with Crippen LogP contribution in [0.1, 0.15) is 15.9 Å². The molecule has 3 nitrogen and oxygen atoms in total. The van der Waals surface area contributed by atoms with E-state index >= 15 is 0 Å². The van der Waals surface area contributed by atoms with Crippen molar-refractivity contribution in [3.8, 4) is 0 Å². The van der Waals surface area contributed by atoms with Gasteiger partial charge in [0.05, 0.1) is 10.7 Å². The normalized spacial score (nSPS) is 14.2. The van der Waals surface area contributed by atoms with E-state index in [0.29, 0.717) is 22.8 Å². The van der Waals surface area contributed by atoms with Gasteiger partial charge in [0.1, 0.15) is 0 Å². The molecule has 0 saturated heterocycles. The van der Waals surface area contributed by atoms with Crippen LogP contribution in [0, 0.1) is 0 Å². The van der Waals surface area contributed by atoms with Crippen LogP contribution in [0.25, 0.3) is 0 Å². The molecule has 4 heteroatoms. The molecule has 0 saturated carbocycles. The molecule has 0 radical (unpaired) electrons. The summed E-state index contributed by atoms with van der Waals surface area (Å²) in [6.45, 7) is 0.550. The number of nitrogens with one attached hydrogen (secondary N) is 1. The first-order valence-corrected chi connectivity index (χ1v) is 3.92. The lowest BCUT2D eigenvalue weighted by atomic mass is 10.1. The Bertz CT molecular complexity index is 362. The molecule has 1 amide bonds. The zero-order valence-corrected chi connectivity index (χ0v) is 6.98. The maximum absolute atomic E-state index is 11.1. The summed E-state index contributed by atoms with van der Waals surface area (Å²) in [6.07, 6.45) is 0. The highest BCUT2D eigenvalue weighted by atomic mass is 35.5. The van der Waals surface area contributed by atoms with Crippen molar-refractivity contribution in [1.29, 1.82) is 0 Å². The van der Waals surface area contributed by atoms with E-state index < -0.39 is 0 Å². The molecule has 1 aliphatic heterocycles. The molecule has 3 N–H and O–H groups in total. The standard InChI is InChI=1S/C8H7ClN2O/c9-6-1-4-3-11-8(12)5(4)2-7(6)10/h1-2H,3,10H2,(H,11,12). The fourth-order valence-electron chi connectivity index (χ4n) is 1.26. The predicted molar refractivity (Wildman–Crippen MR) is 47.0 cm³/mol. The third-order valence-electron chi connectivity index (χ3n) is 1.91. The third kappa shape index (κ3) is 0.940. The first-order valence-electron chi connectivity index (χ1n) is 3.54. The van der Waals surface area contributed by atoms with Gasteiger partial charge in [-0.05, 0) is 17.7 Å². The van der Waals surface area contributed by atoms with Crippen molar-refractivity contribution in [1.82, 2.24) is 5.32 Å². The van der Waals surface area contributed by atoms with Crippen LogP contribution >= 0.6 is 11.6 Å². The lowest BCUT2D eigenvalue weighted by Gasteiger charge is -2.00. The zero-order valence-electron chi connectivity index (χ0n) is 6.23. The minimum atomic E-state index is -0.0756. The fourth-order valence-corrected chi connectivity index (χ4v) is 1.45. The quantitative estimate of drug-likeness (QED) is 0.592. The van der Waals surface area contributed by atoms with Gasteiger partial charge in [0.2, 0.25) is 0 Å². The summed E-state index contributed by atoms with van der Waals surface area (Å²) in [7, 11) is 0. The molecule has 1 aromatic rings. The first kappa shape index (κ1) is 7.43. The lowest BCUT2D eigenvalue weighted by molar-refractivity contribution is 0.0966. The number of benzene rings is 1. The van der Waals surface area contributed by atoms with Crippen LogP contribution in [0.3, 0.4) is 0 Å². The Morgan fingerprint density at radius 3 is 3.00 bits per heavy atom. The maximum atomic E-state index is 11.1. The van der Waals surface area contributed by atoms with Crippen LogP contribution in [0.15, 0.2) is 12.1 Å². The Morgan fingerprint density at radius 1 is 1.50 bits per heavy atom. The van der Waals surface area contributed by atoms with Crippen LogP contribution < -0.4 is 11.1 Å². The summed E-state index contributed by atoms with van der Waals surface area (Å²) in [6, 6.07) is 3.34. The van der Waals surface area contributed by atoms with Crippen LogP contribution in [-0.2, 0) is 6.54 Å². The highest BCUT2D eigenvalue weighted by Crippen LogP contribution is 2.25. The number of rotatable bonds is 0. The smallest absolute Gasteiger partial charge is 0.251 e. The molecular weight excluding hydrogens is 176 g/mol. The van der Waals surface area contributed by atoms with Gasteiger partial charge in [0.15, 0.2) is 0 Å². The molecule has 62 valence electrons. The Morgan fingerprint density at radius 2 is 2.25 bits per heavy atom. The number of halogens is 1. The van der Waals surface area contributed by atoms with E-state index in [1.807, 2.05) is 0 Å². The van der Waals surface area contributed by atoms with Gasteiger partial charge in [0.25, 0.3) is 5.91 Å². The topological polar surface area (TPSA) is 55.1 Å². The molecule has 1 heterocycles. The van der Waals surface area contributed by atoms with Gasteiger partial charge in [-0.1, -0.05) is 11.6 Å². The van der Waals surface area contributed by atoms with Gasteiger partial charge in [-0.3, -0.25) is 4.79 Å². The minimum Gasteiger partial charge on any atom is -0.398 e. The second-order valence-electron chi connectivity index (χ2n) is 2.71. The molecule has 0 bridgehead atoms. The Labute approximate surface area is 74.5 Å². The molecule has 0 atom stereocenters. The van der Waals surface area contributed by atoms with E-state index in [-0.39, 0.29) is 5.91 Å². The SMILES string of the molecule is Nc1cc2c(cc1Cl)CNC2=O. The highest BCUT2D eigenvalue weighted by molar-refractivity contribution is 6.33. The summed E-state index contributed by atoms with van der Waals surface area (Å²) in [4.78, 5) is 11.1. The minimum absolute atomic E-state index is 0.0756. The Balaban J connectivity index is 2.63. The number of hydrogen-bond acceptors (Lipinski definition) is 2. The number of nitrogen functional groups attached to an aromatic ring is 1. The molecule has 0 spiro atoms. The molecule has 1 aromatic carbocycles. The molecule has 1 aliphatic rings. The van der Waals surface area contributed by atoms with Gasteiger partial charge >= 0.3 is 0 Å². The van der Waals surface area contributed by atoms with Crippen LogP contribution in [-0.4, -0.2) is 5.91 Å². The van der Waals surface area contributed by atoms with E-state index in [0.717, 1.165) is 5.56 Å². The molecule has 12 heavy (non-hydrogen) atoms. The van der Waals surface area contributed by atoms with E-state index in [1.54, 1.807) is 12.1 Å². The van der Waals surface area contributed by atoms with E-state index in [2.05, 4.69) is 5.32 Å². The average Bonchev–Trinajstić information content (AvgIpc) is 2.35. The zero-order chi connectivity index (χ0) is 8.72. The average molecular weight is 183 g/mol. The van der Waals surface area contributed by atoms with Crippen molar-refractivity contribution in [3.05, 3.63) is 28.3 Å². The van der Waals surface area contributed by atoms with Gasteiger partial charge in [-0.15, -0.1) is 0 Å². The molecule has 0 aromatic heterocycles. The fraction of sp³-hybridized carbons (Fsp3) is 0.125. The number of carbonyl (C=O) groups is 1. The van der Waals surface area contributed by atoms with Crippen LogP contribution in [0.5, 0.6) is 0 Å². The monoisotopic (exact) mass is 182 g/mol. The number of fused-ring (bicyclic) bond motifs is 1. The summed E-state index contributed by atoms with van der Waals surface area (Å²) >= 11 is 5.78. The van der Waals surface area contributed by atoms with Crippen molar-refractivity contribution in [2.24, 2.45) is 0 Å². The summed E-state index contributed by atoms with van der Waals surface area (Å²) in [5.41, 5.74) is 7.55. The lowest BCUT2D eigenvalue weighted by Crippen LogP contribution is -2.12. The highest BCUT2D eigenvalue weighted by Gasteiger charge is 2.19. The van der Waals surface area contributed by atoms with Gasteiger partial charge in [-0.2, -0.15) is 0 Å². The largest absolute Gasteiger partial charge is 0.398 e. The second-order valence-corrected chi connectivity index (χ2v) is 3.12. The van der Waals surface area contributed by atoms with Gasteiger partial charge < -0.3 is 11.1 Å². The van der Waals surface area contributed by atoms with Crippen molar-refractivity contribution >= 4 is 23.2 Å². The molecular formula is C8H7ClN2O. The van der Waals surface area contributed by atoms with E-state index in [4.69, 9.17) is 17.3 Å². The molecule has 0 fully saturated rings. The van der Waals surface area contributed by atoms with Crippen molar-refractivity contribution in [2.45, 2.75) is 6.54 Å². The second kappa shape index (κ2) is 2.38. The number of nitrogens with two attached hydrogens (primary N) is 1.